The van der Waals surface area contributed by atoms with Crippen molar-refractivity contribution < 1.29 is 0 Å². The lowest BCUT2D eigenvalue weighted by molar-refractivity contribution is 0.467. The number of hydrogen-bond acceptors (Lipinski definition) is 0. The van der Waals surface area contributed by atoms with Crippen LogP contribution in [0.25, 0.3) is 0 Å². The molecule has 178 valence electrons. The third-order valence-corrected chi connectivity index (χ3v) is 14.6. The Morgan fingerprint density at radius 2 is 1.19 bits per heavy atom. The number of rotatable bonds is 4. The molecule has 0 heterocycles. The first-order valence-corrected chi connectivity index (χ1v) is 15.3. The molecule has 2 unspecified atom stereocenters. The molecule has 1 aromatic rings. The normalized spacial score (nSPS) is 22.4. The van der Waals surface area contributed by atoms with E-state index >= 15 is 0 Å². The van der Waals surface area contributed by atoms with Crippen LogP contribution in [0, 0.1) is 5.92 Å². The summed E-state index contributed by atoms with van der Waals surface area (Å²) in [5.74, 6) is 1.55. The summed E-state index contributed by atoms with van der Waals surface area (Å²) in [4.78, 5) is 0. The predicted octanol–water partition coefficient (Wildman–Crippen LogP) is 9.74. The van der Waals surface area contributed by atoms with Gasteiger partial charge in [0.2, 0.25) is 0 Å². The first-order chi connectivity index (χ1) is 13.9. The summed E-state index contributed by atoms with van der Waals surface area (Å²) >= 11 is 0. The summed E-state index contributed by atoms with van der Waals surface area (Å²) < 4.78 is 0. The van der Waals surface area contributed by atoms with E-state index < -0.39 is 0 Å². The molecule has 0 nitrogen and oxygen atoms in total. The van der Waals surface area contributed by atoms with E-state index in [2.05, 4.69) is 114 Å². The van der Waals surface area contributed by atoms with Crippen molar-refractivity contribution >= 4 is 21.1 Å². The fourth-order valence-corrected chi connectivity index (χ4v) is 16.5. The molecule has 1 aliphatic carbocycles. The van der Waals surface area contributed by atoms with E-state index in [1.165, 1.54) is 19.3 Å². The zero-order chi connectivity index (χ0) is 24.0. The van der Waals surface area contributed by atoms with Crippen LogP contribution in [-0.2, 0) is 0 Å². The molecular weight excluding hydrogens is 410 g/mol. The molecule has 0 spiro atoms. The molecule has 0 bridgehead atoms. The Morgan fingerprint density at radius 1 is 0.710 bits per heavy atom. The predicted molar refractivity (Wildman–Crippen MR) is 148 cm³/mol. The molecule has 1 fully saturated rings. The van der Waals surface area contributed by atoms with E-state index in [0.717, 1.165) is 17.5 Å². The summed E-state index contributed by atoms with van der Waals surface area (Å²) in [7, 11) is -0.365. The Kier molecular flexibility index (Phi) is 8.27. The first kappa shape index (κ1) is 27.3. The monoisotopic (exact) mass is 462 g/mol. The Balaban J connectivity index is 2.55. The van der Waals surface area contributed by atoms with Crippen molar-refractivity contribution in [2.45, 2.75) is 141 Å². The minimum Gasteiger partial charge on any atom is -0.0924 e. The lowest BCUT2D eigenvalue weighted by Crippen LogP contribution is -2.36. The minimum atomic E-state index is -0.268. The van der Waals surface area contributed by atoms with Crippen LogP contribution in [0.5, 0.6) is 0 Å². The van der Waals surface area contributed by atoms with Crippen LogP contribution in [-0.4, -0.2) is 26.3 Å². The minimum absolute atomic E-state index is 0.0968. The first-order valence-electron chi connectivity index (χ1n) is 12.6. The average Bonchev–Trinajstić information content (AvgIpc) is 2.99. The molecule has 0 aliphatic heterocycles. The fourth-order valence-electron chi connectivity index (χ4n) is 7.11. The third kappa shape index (κ3) is 6.36. The lowest BCUT2D eigenvalue weighted by Gasteiger charge is -2.49. The Labute approximate surface area is 198 Å². The number of hydrogen-bond donors (Lipinski definition) is 0. The maximum atomic E-state index is 2.62. The van der Waals surface area contributed by atoms with Crippen LogP contribution in [0.1, 0.15) is 121 Å². The van der Waals surface area contributed by atoms with Crippen LogP contribution < -0.4 is 5.30 Å². The molecule has 2 rings (SSSR count). The van der Waals surface area contributed by atoms with Crippen LogP contribution in [0.3, 0.4) is 0 Å². The van der Waals surface area contributed by atoms with E-state index in [1.807, 2.05) is 0 Å². The molecule has 3 atom stereocenters. The van der Waals surface area contributed by atoms with Gasteiger partial charge in [0.05, 0.1) is 0 Å². The Hall–Kier alpha value is 0.0800. The topological polar surface area (TPSA) is 0 Å². The standard InChI is InChI=1S/C29H52P2/c1-21(30(26(2,3)4)27(5,6)7)22-18-16-19-23(22)24-17-14-15-20-25(24)31(28(8,9)10)29(11,12)13/h14-15,17,20-23H,16,18-19H2,1-13H3/t21-,22?,23?/m0/s1. The van der Waals surface area contributed by atoms with E-state index in [4.69, 9.17) is 0 Å². The smallest absolute Gasteiger partial charge is 0.0121 e. The van der Waals surface area contributed by atoms with Crippen molar-refractivity contribution in [1.29, 1.82) is 0 Å². The number of benzene rings is 1. The van der Waals surface area contributed by atoms with Gasteiger partial charge in [0.15, 0.2) is 0 Å². The molecule has 0 aromatic heterocycles. The van der Waals surface area contributed by atoms with Gasteiger partial charge in [0.25, 0.3) is 0 Å². The fraction of sp³-hybridized carbons (Fsp3) is 0.793. The van der Waals surface area contributed by atoms with Crippen molar-refractivity contribution in [3.8, 4) is 0 Å². The highest BCUT2D eigenvalue weighted by Gasteiger charge is 2.45. The van der Waals surface area contributed by atoms with Gasteiger partial charge < -0.3 is 0 Å². The van der Waals surface area contributed by atoms with Gasteiger partial charge in [-0.25, -0.2) is 0 Å². The molecule has 1 saturated carbocycles. The van der Waals surface area contributed by atoms with Gasteiger partial charge in [-0.1, -0.05) is 137 Å². The van der Waals surface area contributed by atoms with Gasteiger partial charge in [-0.05, 0) is 61.8 Å². The second-order valence-electron chi connectivity index (χ2n) is 13.9. The van der Waals surface area contributed by atoms with Gasteiger partial charge in [-0.3, -0.25) is 0 Å². The van der Waals surface area contributed by atoms with E-state index in [9.17, 15) is 0 Å². The largest absolute Gasteiger partial charge is 0.0924 e. The second kappa shape index (κ2) is 9.38. The molecule has 0 N–H and O–H groups in total. The van der Waals surface area contributed by atoms with Crippen LogP contribution in [0.15, 0.2) is 24.3 Å². The summed E-state index contributed by atoms with van der Waals surface area (Å²) in [6.07, 6.45) is 4.18. The van der Waals surface area contributed by atoms with Gasteiger partial charge >= 0.3 is 0 Å². The van der Waals surface area contributed by atoms with Gasteiger partial charge in [0.1, 0.15) is 0 Å². The van der Waals surface area contributed by atoms with E-state index in [0.29, 0.717) is 20.6 Å². The summed E-state index contributed by atoms with van der Waals surface area (Å²) in [5, 5.41) is 3.10. The lowest BCUT2D eigenvalue weighted by atomic mass is 9.87. The third-order valence-electron chi connectivity index (χ3n) is 6.96. The molecular formula is C29H52P2. The molecule has 2 heteroatoms. The molecule has 1 aromatic carbocycles. The van der Waals surface area contributed by atoms with Crippen LogP contribution in [0.4, 0.5) is 0 Å². The molecule has 31 heavy (non-hydrogen) atoms. The highest BCUT2D eigenvalue weighted by atomic mass is 31.1. The summed E-state index contributed by atoms with van der Waals surface area (Å²) in [6, 6.07) is 9.62. The quantitative estimate of drug-likeness (QED) is 0.391. The SMILES string of the molecule is C[C@@H](C1CCCC1c1ccccc1P(C(C)(C)C)C(C)(C)C)P(C(C)(C)C)C(C)(C)C. The molecule has 0 radical (unpaired) electrons. The van der Waals surface area contributed by atoms with Gasteiger partial charge in [0, 0.05) is 0 Å². The van der Waals surface area contributed by atoms with E-state index in [-0.39, 0.29) is 15.8 Å². The van der Waals surface area contributed by atoms with Gasteiger partial charge in [-0.2, -0.15) is 0 Å². The highest BCUT2D eigenvalue weighted by molar-refractivity contribution is 7.68. The summed E-state index contributed by atoms with van der Waals surface area (Å²) in [5.41, 5.74) is 2.50. The maximum Gasteiger partial charge on any atom is -0.0121 e. The van der Waals surface area contributed by atoms with Crippen molar-refractivity contribution in [3.05, 3.63) is 29.8 Å². The second-order valence-corrected chi connectivity index (χ2v) is 22.0. The molecule has 0 amide bonds. The van der Waals surface area contributed by atoms with E-state index in [1.54, 1.807) is 10.9 Å². The van der Waals surface area contributed by atoms with Crippen molar-refractivity contribution in [2.75, 3.05) is 0 Å². The van der Waals surface area contributed by atoms with Gasteiger partial charge in [-0.15, -0.1) is 0 Å². The highest BCUT2D eigenvalue weighted by Crippen LogP contribution is 2.67. The zero-order valence-corrected chi connectivity index (χ0v) is 24.8. The summed E-state index contributed by atoms with van der Waals surface area (Å²) in [6.45, 7) is 32.4. The maximum absolute atomic E-state index is 2.62. The molecule has 1 aliphatic rings. The van der Waals surface area contributed by atoms with Crippen molar-refractivity contribution in [3.63, 3.8) is 0 Å². The molecule has 0 saturated heterocycles. The zero-order valence-electron chi connectivity index (χ0n) is 23.1. The van der Waals surface area contributed by atoms with Crippen LogP contribution in [0.2, 0.25) is 0 Å². The van der Waals surface area contributed by atoms with Crippen molar-refractivity contribution in [1.82, 2.24) is 0 Å². The van der Waals surface area contributed by atoms with Crippen LogP contribution >= 0.6 is 15.8 Å². The van der Waals surface area contributed by atoms with Crippen molar-refractivity contribution in [2.24, 2.45) is 5.92 Å². The Bertz CT molecular complexity index is 693. The Morgan fingerprint density at radius 3 is 1.65 bits per heavy atom. The average molecular weight is 463 g/mol.